The molecule has 3 aromatic rings. The van der Waals surface area contributed by atoms with Crippen LogP contribution in [0.2, 0.25) is 0 Å². The van der Waals surface area contributed by atoms with Crippen LogP contribution in [0.25, 0.3) is 11.0 Å². The zero-order chi connectivity index (χ0) is 18.4. The molecule has 1 aromatic heterocycles. The number of rotatable bonds is 8. The maximum absolute atomic E-state index is 12.4. The van der Waals surface area contributed by atoms with E-state index in [1.807, 2.05) is 24.3 Å². The number of carbonyl (C=O) groups excluding carboxylic acids is 1. The predicted molar refractivity (Wildman–Crippen MR) is 105 cm³/mol. The van der Waals surface area contributed by atoms with Crippen molar-refractivity contribution in [1.82, 2.24) is 0 Å². The molecule has 1 N–H and O–H groups in total. The van der Waals surface area contributed by atoms with Gasteiger partial charge in [0.2, 0.25) is 0 Å². The lowest BCUT2D eigenvalue weighted by Crippen LogP contribution is -2.16. The second kappa shape index (κ2) is 8.48. The van der Waals surface area contributed by atoms with E-state index in [9.17, 15) is 9.59 Å². The molecule has 0 spiro atoms. The van der Waals surface area contributed by atoms with Crippen LogP contribution < -0.4 is 10.9 Å². The van der Waals surface area contributed by atoms with E-state index in [0.717, 1.165) is 17.5 Å². The highest BCUT2D eigenvalue weighted by Gasteiger charge is 2.13. The van der Waals surface area contributed by atoms with E-state index in [-0.39, 0.29) is 17.8 Å². The highest BCUT2D eigenvalue weighted by molar-refractivity contribution is 5.98. The summed E-state index contributed by atoms with van der Waals surface area (Å²) in [6.07, 6.45) is 3.70. The minimum Gasteiger partial charge on any atom is -0.422 e. The molecule has 134 valence electrons. The molecule has 1 heterocycles. The van der Waals surface area contributed by atoms with Gasteiger partial charge in [0.05, 0.1) is 0 Å². The van der Waals surface area contributed by atoms with Crippen molar-refractivity contribution in [1.29, 1.82) is 0 Å². The SMILES string of the molecule is CCCCc1ccc(NCCC(=O)c2cc3ccccc3oc2=O)cc1. The summed E-state index contributed by atoms with van der Waals surface area (Å²) in [6.45, 7) is 2.66. The zero-order valence-corrected chi connectivity index (χ0v) is 15.0. The van der Waals surface area contributed by atoms with Crippen molar-refractivity contribution in [2.75, 3.05) is 11.9 Å². The van der Waals surface area contributed by atoms with Gasteiger partial charge in [-0.15, -0.1) is 0 Å². The van der Waals surface area contributed by atoms with Crippen LogP contribution in [0, 0.1) is 0 Å². The maximum atomic E-state index is 12.4. The maximum Gasteiger partial charge on any atom is 0.347 e. The number of para-hydroxylation sites is 1. The van der Waals surface area contributed by atoms with Gasteiger partial charge < -0.3 is 9.73 Å². The summed E-state index contributed by atoms with van der Waals surface area (Å²) in [5, 5.41) is 3.99. The summed E-state index contributed by atoms with van der Waals surface area (Å²) in [6, 6.07) is 17.1. The minimum atomic E-state index is -0.575. The first-order valence-corrected chi connectivity index (χ1v) is 9.06. The molecule has 3 rings (SSSR count). The highest BCUT2D eigenvalue weighted by Crippen LogP contribution is 2.14. The largest absolute Gasteiger partial charge is 0.422 e. The fourth-order valence-corrected chi connectivity index (χ4v) is 2.88. The lowest BCUT2D eigenvalue weighted by molar-refractivity contribution is 0.0983. The number of nitrogens with one attached hydrogen (secondary N) is 1. The molecule has 0 aliphatic heterocycles. The van der Waals surface area contributed by atoms with E-state index < -0.39 is 5.63 Å². The Balaban J connectivity index is 1.59. The number of carbonyl (C=O) groups is 1. The molecule has 2 aromatic carbocycles. The van der Waals surface area contributed by atoms with Gasteiger partial charge in [-0.25, -0.2) is 4.79 Å². The van der Waals surface area contributed by atoms with Crippen LogP contribution >= 0.6 is 0 Å². The average Bonchev–Trinajstić information content (AvgIpc) is 2.66. The van der Waals surface area contributed by atoms with Gasteiger partial charge in [-0.1, -0.05) is 43.7 Å². The van der Waals surface area contributed by atoms with Gasteiger partial charge in [-0.2, -0.15) is 0 Å². The van der Waals surface area contributed by atoms with Crippen LogP contribution in [0.4, 0.5) is 5.69 Å². The van der Waals surface area contributed by atoms with E-state index in [4.69, 9.17) is 4.42 Å². The normalized spacial score (nSPS) is 10.8. The smallest absolute Gasteiger partial charge is 0.347 e. The summed E-state index contributed by atoms with van der Waals surface area (Å²) in [5.74, 6) is -0.212. The number of fused-ring (bicyclic) bond motifs is 1. The van der Waals surface area contributed by atoms with E-state index in [1.165, 1.54) is 18.4 Å². The van der Waals surface area contributed by atoms with Gasteiger partial charge in [0.25, 0.3) is 0 Å². The second-order valence-corrected chi connectivity index (χ2v) is 6.39. The van der Waals surface area contributed by atoms with Crippen molar-refractivity contribution < 1.29 is 9.21 Å². The monoisotopic (exact) mass is 349 g/mol. The molecule has 0 radical (unpaired) electrons. The Bertz CT molecular complexity index is 942. The summed E-state index contributed by atoms with van der Waals surface area (Å²) in [7, 11) is 0. The Morgan fingerprint density at radius 3 is 2.62 bits per heavy atom. The molecule has 4 nitrogen and oxygen atoms in total. The van der Waals surface area contributed by atoms with E-state index >= 15 is 0 Å². The zero-order valence-electron chi connectivity index (χ0n) is 15.0. The van der Waals surface area contributed by atoms with Gasteiger partial charge >= 0.3 is 5.63 Å². The van der Waals surface area contributed by atoms with Gasteiger partial charge in [0.1, 0.15) is 11.1 Å². The summed E-state index contributed by atoms with van der Waals surface area (Å²) in [5.41, 5.74) is 2.33. The van der Waals surface area contributed by atoms with Crippen LogP contribution in [-0.4, -0.2) is 12.3 Å². The molecule has 0 bridgehead atoms. The Labute approximate surface area is 152 Å². The van der Waals surface area contributed by atoms with Crippen molar-refractivity contribution in [3.05, 3.63) is 76.1 Å². The summed E-state index contributed by atoms with van der Waals surface area (Å²) in [4.78, 5) is 24.4. The molecular formula is C22H23NO3. The molecule has 4 heteroatoms. The number of hydrogen-bond acceptors (Lipinski definition) is 4. The van der Waals surface area contributed by atoms with Gasteiger partial charge in [-0.3, -0.25) is 4.79 Å². The summed E-state index contributed by atoms with van der Waals surface area (Å²) < 4.78 is 5.23. The van der Waals surface area contributed by atoms with Crippen LogP contribution in [0.1, 0.15) is 42.1 Å². The molecular weight excluding hydrogens is 326 g/mol. The number of Topliss-reactive ketones (excluding diaryl/α,β-unsaturated/α-hetero) is 1. The Hall–Kier alpha value is -2.88. The number of aryl methyl sites for hydroxylation is 1. The first kappa shape index (κ1) is 17.9. The molecule has 0 aliphatic carbocycles. The molecule has 0 fully saturated rings. The molecule has 0 atom stereocenters. The van der Waals surface area contributed by atoms with Crippen molar-refractivity contribution in [3.63, 3.8) is 0 Å². The van der Waals surface area contributed by atoms with Crippen LogP contribution in [0.15, 0.2) is 63.8 Å². The predicted octanol–water partition coefficient (Wildman–Crippen LogP) is 4.82. The van der Waals surface area contributed by atoms with Crippen LogP contribution in [0.3, 0.4) is 0 Å². The average molecular weight is 349 g/mol. The Morgan fingerprint density at radius 1 is 1.08 bits per heavy atom. The third-order valence-electron chi connectivity index (χ3n) is 4.40. The van der Waals surface area contributed by atoms with E-state index in [0.29, 0.717) is 12.1 Å². The molecule has 0 saturated carbocycles. The number of benzene rings is 2. The number of ketones is 1. The number of unbranched alkanes of at least 4 members (excludes halogenated alkanes) is 1. The first-order chi connectivity index (χ1) is 12.7. The minimum absolute atomic E-state index is 0.111. The second-order valence-electron chi connectivity index (χ2n) is 6.39. The molecule has 26 heavy (non-hydrogen) atoms. The fraction of sp³-hybridized carbons (Fsp3) is 0.273. The van der Waals surface area contributed by atoms with E-state index in [1.54, 1.807) is 18.2 Å². The molecule has 0 unspecified atom stereocenters. The third kappa shape index (κ3) is 4.39. The topological polar surface area (TPSA) is 59.3 Å². The molecule has 0 amide bonds. The molecule has 0 saturated heterocycles. The van der Waals surface area contributed by atoms with Crippen LogP contribution in [-0.2, 0) is 6.42 Å². The van der Waals surface area contributed by atoms with E-state index in [2.05, 4.69) is 24.4 Å². The van der Waals surface area contributed by atoms with Gasteiger partial charge in [0.15, 0.2) is 5.78 Å². The quantitative estimate of drug-likeness (QED) is 0.468. The number of hydrogen-bond donors (Lipinski definition) is 1. The molecule has 0 aliphatic rings. The lowest BCUT2D eigenvalue weighted by atomic mass is 10.1. The highest BCUT2D eigenvalue weighted by atomic mass is 16.4. The van der Waals surface area contributed by atoms with Crippen molar-refractivity contribution in [2.24, 2.45) is 0 Å². The Morgan fingerprint density at radius 2 is 1.85 bits per heavy atom. The van der Waals surface area contributed by atoms with Crippen LogP contribution in [0.5, 0.6) is 0 Å². The first-order valence-electron chi connectivity index (χ1n) is 9.06. The summed E-state index contributed by atoms with van der Waals surface area (Å²) >= 11 is 0. The van der Waals surface area contributed by atoms with Crippen molar-refractivity contribution in [3.8, 4) is 0 Å². The van der Waals surface area contributed by atoms with Crippen molar-refractivity contribution >= 4 is 22.4 Å². The van der Waals surface area contributed by atoms with Gasteiger partial charge in [-0.05, 0) is 42.7 Å². The fourth-order valence-electron chi connectivity index (χ4n) is 2.88. The number of anilines is 1. The van der Waals surface area contributed by atoms with Gasteiger partial charge in [0, 0.05) is 24.0 Å². The van der Waals surface area contributed by atoms with Crippen molar-refractivity contribution in [2.45, 2.75) is 32.6 Å². The standard InChI is InChI=1S/C22H23NO3/c1-2-3-6-16-9-11-18(12-10-16)23-14-13-20(24)19-15-17-7-4-5-8-21(17)26-22(19)25/h4-5,7-12,15,23H,2-3,6,13-14H2,1H3. The Kier molecular flexibility index (Phi) is 5.84. The lowest BCUT2D eigenvalue weighted by Gasteiger charge is -2.07. The third-order valence-corrected chi connectivity index (χ3v) is 4.40.